The Kier molecular flexibility index (Phi) is 5.29. The van der Waals surface area contributed by atoms with Gasteiger partial charge in [0.15, 0.2) is 0 Å². The molecule has 7 rings (SSSR count). The average molecular weight is 494 g/mol. The van der Waals surface area contributed by atoms with Crippen molar-refractivity contribution in [3.63, 3.8) is 0 Å². The van der Waals surface area contributed by atoms with Crippen molar-refractivity contribution < 1.29 is 0 Å². The minimum absolute atomic E-state index is 0.859. The molecule has 0 radical (unpaired) electrons. The second-order valence-corrected chi connectivity index (χ2v) is 8.96. The fourth-order valence-electron chi connectivity index (χ4n) is 4.57. The summed E-state index contributed by atoms with van der Waals surface area (Å²) < 4.78 is 0. The van der Waals surface area contributed by atoms with Crippen LogP contribution in [-0.2, 0) is 0 Å². The van der Waals surface area contributed by atoms with Gasteiger partial charge in [0.2, 0.25) is 0 Å². The highest BCUT2D eigenvalue weighted by molar-refractivity contribution is 5.70. The number of nitrogens with zero attached hydrogens (tertiary/aromatic N) is 3. The molecule has 0 atom stereocenters. The molecule has 7 nitrogen and oxygen atoms in total. The summed E-state index contributed by atoms with van der Waals surface area (Å²) in [5, 5.41) is 0. The lowest BCUT2D eigenvalue weighted by Gasteiger charge is -2.04. The van der Waals surface area contributed by atoms with Crippen LogP contribution in [0.4, 0.5) is 0 Å². The molecule has 7 heterocycles. The third kappa shape index (κ3) is 4.12. The topological polar surface area (TPSA) is 102 Å². The van der Waals surface area contributed by atoms with E-state index in [4.69, 9.17) is 15.0 Å². The molecule has 0 aliphatic heterocycles. The van der Waals surface area contributed by atoms with Gasteiger partial charge in [-0.05, 0) is 84.9 Å². The Bertz CT molecular complexity index is 1690. The molecule has 0 aliphatic rings. The van der Waals surface area contributed by atoms with Crippen LogP contribution in [0.25, 0.3) is 68.3 Å². The summed E-state index contributed by atoms with van der Waals surface area (Å²) in [6.45, 7) is 0. The lowest BCUT2D eigenvalue weighted by Crippen LogP contribution is -1.91. The number of aromatic amines is 4. The van der Waals surface area contributed by atoms with Crippen LogP contribution < -0.4 is 0 Å². The molecule has 0 unspecified atom stereocenters. The number of rotatable bonds is 6. The highest BCUT2D eigenvalue weighted by Crippen LogP contribution is 2.28. The molecule has 0 aliphatic carbocycles. The minimum Gasteiger partial charge on any atom is -0.360 e. The summed E-state index contributed by atoms with van der Waals surface area (Å²) in [5.74, 6) is 0. The van der Waals surface area contributed by atoms with Crippen molar-refractivity contribution in [3.8, 4) is 68.3 Å². The van der Waals surface area contributed by atoms with E-state index in [0.29, 0.717) is 0 Å². The highest BCUT2D eigenvalue weighted by Gasteiger charge is 2.11. The molecule has 7 aromatic rings. The third-order valence-electron chi connectivity index (χ3n) is 6.47. The lowest BCUT2D eigenvalue weighted by molar-refractivity contribution is 1.23. The molecule has 0 bridgehead atoms. The van der Waals surface area contributed by atoms with Gasteiger partial charge in [0.05, 0.1) is 68.3 Å². The molecule has 38 heavy (non-hydrogen) atoms. The van der Waals surface area contributed by atoms with Gasteiger partial charge in [-0.25, -0.2) is 15.0 Å². The molecule has 4 N–H and O–H groups in total. The Balaban J connectivity index is 1.16. The van der Waals surface area contributed by atoms with Crippen molar-refractivity contribution in [2.75, 3.05) is 0 Å². The Morgan fingerprint density at radius 2 is 0.632 bits per heavy atom. The normalized spacial score (nSPS) is 11.2. The van der Waals surface area contributed by atoms with Crippen LogP contribution in [0.15, 0.2) is 116 Å². The van der Waals surface area contributed by atoms with E-state index < -0.39 is 0 Å². The Morgan fingerprint density at radius 3 is 0.921 bits per heavy atom. The molecule has 0 saturated heterocycles. The molecule has 182 valence electrons. The summed E-state index contributed by atoms with van der Waals surface area (Å²) in [6.07, 6.45) is 3.80. The first-order valence-electron chi connectivity index (χ1n) is 12.4. The molecule has 0 fully saturated rings. The van der Waals surface area contributed by atoms with Gasteiger partial charge in [0, 0.05) is 12.4 Å². The monoisotopic (exact) mass is 493 g/mol. The summed E-state index contributed by atoms with van der Waals surface area (Å²) in [4.78, 5) is 28.0. The maximum absolute atomic E-state index is 4.93. The van der Waals surface area contributed by atoms with Crippen molar-refractivity contribution >= 4 is 0 Å². The molecule has 0 amide bonds. The quantitative estimate of drug-likeness (QED) is 0.197. The van der Waals surface area contributed by atoms with Crippen molar-refractivity contribution in [1.82, 2.24) is 34.9 Å². The van der Waals surface area contributed by atoms with E-state index in [9.17, 15) is 0 Å². The summed E-state index contributed by atoms with van der Waals surface area (Å²) in [7, 11) is 0. The first-order chi connectivity index (χ1) is 18.8. The van der Waals surface area contributed by atoms with E-state index in [-0.39, 0.29) is 0 Å². The third-order valence-corrected chi connectivity index (χ3v) is 6.47. The summed E-state index contributed by atoms with van der Waals surface area (Å²) in [6, 6.07) is 34.2. The molecule has 0 spiro atoms. The maximum atomic E-state index is 4.93. The first kappa shape index (κ1) is 21.8. The van der Waals surface area contributed by atoms with Gasteiger partial charge in [-0.3, -0.25) is 0 Å². The number of hydrogen-bond donors (Lipinski definition) is 4. The van der Waals surface area contributed by atoms with E-state index in [1.54, 1.807) is 0 Å². The zero-order chi connectivity index (χ0) is 25.3. The number of hydrogen-bond acceptors (Lipinski definition) is 3. The Morgan fingerprint density at radius 1 is 0.316 bits per heavy atom. The van der Waals surface area contributed by atoms with Crippen LogP contribution in [-0.4, -0.2) is 34.9 Å². The smallest absolute Gasteiger partial charge is 0.0872 e. The largest absolute Gasteiger partial charge is 0.360 e. The van der Waals surface area contributed by atoms with Gasteiger partial charge >= 0.3 is 0 Å². The maximum Gasteiger partial charge on any atom is 0.0872 e. The van der Waals surface area contributed by atoms with Gasteiger partial charge in [0.1, 0.15) is 0 Å². The van der Waals surface area contributed by atoms with Crippen LogP contribution in [0.1, 0.15) is 0 Å². The fourth-order valence-corrected chi connectivity index (χ4v) is 4.57. The molecular weight excluding hydrogens is 470 g/mol. The predicted octanol–water partition coefficient (Wildman–Crippen LogP) is 7.19. The summed E-state index contributed by atoms with van der Waals surface area (Å²) >= 11 is 0. The van der Waals surface area contributed by atoms with Crippen molar-refractivity contribution in [1.29, 1.82) is 0 Å². The molecule has 7 aromatic heterocycles. The number of H-pyrrole nitrogens is 4. The van der Waals surface area contributed by atoms with Crippen molar-refractivity contribution in [2.45, 2.75) is 0 Å². The number of aromatic nitrogens is 7. The van der Waals surface area contributed by atoms with Crippen LogP contribution in [0.2, 0.25) is 0 Å². The Labute approximate surface area is 218 Å². The van der Waals surface area contributed by atoms with Crippen molar-refractivity contribution in [3.05, 3.63) is 116 Å². The van der Waals surface area contributed by atoms with E-state index in [0.717, 1.165) is 68.3 Å². The van der Waals surface area contributed by atoms with Gasteiger partial charge < -0.3 is 19.9 Å². The fraction of sp³-hybridized carbons (Fsp3) is 0. The van der Waals surface area contributed by atoms with Gasteiger partial charge in [-0.2, -0.15) is 0 Å². The SMILES string of the molecule is c1cc(-c2ccc[nH]2)nc(-c2ccc(-c3cccc(-c4ccc(-c5cccc(-c6ccc[nH]6)n5)[nH]4)n3)[nH]2)c1. The molecule has 7 heteroatoms. The Hall–Kier alpha value is -5.43. The van der Waals surface area contributed by atoms with Gasteiger partial charge in [-0.15, -0.1) is 0 Å². The van der Waals surface area contributed by atoms with Crippen LogP contribution in [0.5, 0.6) is 0 Å². The zero-order valence-electron chi connectivity index (χ0n) is 20.3. The zero-order valence-corrected chi connectivity index (χ0v) is 20.3. The number of pyridine rings is 3. The second-order valence-electron chi connectivity index (χ2n) is 8.96. The molecule has 0 saturated carbocycles. The van der Waals surface area contributed by atoms with E-state index in [1.165, 1.54) is 0 Å². The van der Waals surface area contributed by atoms with Crippen LogP contribution in [0, 0.1) is 0 Å². The predicted molar refractivity (Wildman–Crippen MR) is 150 cm³/mol. The minimum atomic E-state index is 0.859. The molecular formula is C31H23N7. The van der Waals surface area contributed by atoms with Gasteiger partial charge in [0.25, 0.3) is 0 Å². The average Bonchev–Trinajstić information content (AvgIpc) is 3.80. The van der Waals surface area contributed by atoms with Crippen LogP contribution in [0.3, 0.4) is 0 Å². The second kappa shape index (κ2) is 9.22. The van der Waals surface area contributed by atoms with Gasteiger partial charge in [-0.1, -0.05) is 18.2 Å². The number of nitrogens with one attached hydrogen (secondary N) is 4. The lowest BCUT2D eigenvalue weighted by atomic mass is 10.2. The van der Waals surface area contributed by atoms with E-state index >= 15 is 0 Å². The summed E-state index contributed by atoms with van der Waals surface area (Å²) in [5.41, 5.74) is 11.0. The van der Waals surface area contributed by atoms with Crippen molar-refractivity contribution in [2.24, 2.45) is 0 Å². The van der Waals surface area contributed by atoms with E-state index in [2.05, 4.69) is 19.9 Å². The first-order valence-corrected chi connectivity index (χ1v) is 12.4. The highest BCUT2D eigenvalue weighted by atomic mass is 14.9. The molecule has 0 aromatic carbocycles. The van der Waals surface area contributed by atoms with E-state index in [1.807, 2.05) is 116 Å². The standard InChI is InChI=1S/C31H23N7/c1-6-22(20-12-4-18-32-20)34-24(8-1)28-14-16-30(37-28)26-10-3-11-27(36-26)31-17-15-29(38-31)25-9-2-7-23(35-25)21-13-5-19-33-21/h1-19,32-33,37-38H. The van der Waals surface area contributed by atoms with Crippen LogP contribution >= 0.6 is 0 Å².